The summed E-state index contributed by atoms with van der Waals surface area (Å²) in [7, 11) is -2.43. The van der Waals surface area contributed by atoms with Crippen LogP contribution in [0, 0.1) is 0 Å². The Labute approximate surface area is 235 Å². The SMILES string of the molecule is COc1ccc(S(=O)(=O)C(CCCCc2ccccc2)CC(=O)NO)cc1O[C@H]1CC[C@H](Oc2ccccn2)C1. The maximum absolute atomic E-state index is 13.7. The van der Waals surface area contributed by atoms with E-state index in [0.29, 0.717) is 30.2 Å². The Hall–Kier alpha value is -3.63. The number of benzene rings is 2. The zero-order chi connectivity index (χ0) is 28.4. The lowest BCUT2D eigenvalue weighted by atomic mass is 10.1. The summed E-state index contributed by atoms with van der Waals surface area (Å²) in [6.07, 6.45) is 5.70. The summed E-state index contributed by atoms with van der Waals surface area (Å²) in [4.78, 5) is 16.3. The minimum absolute atomic E-state index is 0.0429. The molecule has 1 aromatic heterocycles. The Morgan fingerprint density at radius 3 is 2.45 bits per heavy atom. The molecule has 3 aromatic rings. The van der Waals surface area contributed by atoms with Crippen molar-refractivity contribution < 1.29 is 32.6 Å². The van der Waals surface area contributed by atoms with E-state index in [0.717, 1.165) is 25.7 Å². The monoisotopic (exact) mass is 568 g/mol. The fourth-order valence-corrected chi connectivity index (χ4v) is 6.73. The number of nitrogens with one attached hydrogen (secondary N) is 1. The van der Waals surface area contributed by atoms with Crippen molar-refractivity contribution in [3.8, 4) is 17.4 Å². The predicted octanol–water partition coefficient (Wildman–Crippen LogP) is 4.92. The minimum Gasteiger partial charge on any atom is -0.493 e. The van der Waals surface area contributed by atoms with Crippen LogP contribution in [0.5, 0.6) is 17.4 Å². The Balaban J connectivity index is 1.44. The van der Waals surface area contributed by atoms with Crippen molar-refractivity contribution in [2.24, 2.45) is 0 Å². The number of unbranched alkanes of at least 4 members (excludes halogenated alkanes) is 1. The number of pyridine rings is 1. The molecule has 0 spiro atoms. The molecule has 1 aliphatic rings. The van der Waals surface area contributed by atoms with Crippen molar-refractivity contribution in [2.75, 3.05) is 7.11 Å². The maximum atomic E-state index is 13.7. The van der Waals surface area contributed by atoms with Crippen LogP contribution in [0.25, 0.3) is 0 Å². The largest absolute Gasteiger partial charge is 0.493 e. The number of nitrogens with zero attached hydrogens (tertiary/aromatic N) is 1. The van der Waals surface area contributed by atoms with Gasteiger partial charge in [0.1, 0.15) is 12.2 Å². The van der Waals surface area contributed by atoms with Crippen LogP contribution < -0.4 is 19.7 Å². The van der Waals surface area contributed by atoms with Gasteiger partial charge in [-0.2, -0.15) is 0 Å². The first-order chi connectivity index (χ1) is 19.4. The number of hydrogen-bond donors (Lipinski definition) is 2. The normalized spacial score (nSPS) is 17.6. The second-order valence-electron chi connectivity index (χ2n) is 9.91. The first kappa shape index (κ1) is 29.4. The van der Waals surface area contributed by atoms with Gasteiger partial charge in [0.2, 0.25) is 11.8 Å². The second-order valence-corrected chi connectivity index (χ2v) is 12.1. The fourth-order valence-electron chi connectivity index (χ4n) is 4.97. The number of aryl methyl sites for hydroxylation is 1. The summed E-state index contributed by atoms with van der Waals surface area (Å²) < 4.78 is 45.0. The lowest BCUT2D eigenvalue weighted by Gasteiger charge is -2.20. The van der Waals surface area contributed by atoms with E-state index in [4.69, 9.17) is 19.4 Å². The highest BCUT2D eigenvalue weighted by Crippen LogP contribution is 2.36. The van der Waals surface area contributed by atoms with Crippen LogP contribution in [0.4, 0.5) is 0 Å². The second kappa shape index (κ2) is 14.1. The predicted molar refractivity (Wildman–Crippen MR) is 149 cm³/mol. The van der Waals surface area contributed by atoms with Gasteiger partial charge in [0.25, 0.3) is 0 Å². The molecule has 0 radical (unpaired) electrons. The average molecular weight is 569 g/mol. The van der Waals surface area contributed by atoms with Gasteiger partial charge in [-0.05, 0) is 55.9 Å². The molecule has 1 fully saturated rings. The first-order valence-corrected chi connectivity index (χ1v) is 15.1. The van der Waals surface area contributed by atoms with Crippen LogP contribution in [-0.4, -0.2) is 49.1 Å². The molecule has 4 rings (SSSR count). The topological polar surface area (TPSA) is 124 Å². The number of carbonyl (C=O) groups is 1. The van der Waals surface area contributed by atoms with Crippen LogP contribution in [0.3, 0.4) is 0 Å². The van der Waals surface area contributed by atoms with Crippen molar-refractivity contribution in [1.29, 1.82) is 0 Å². The fraction of sp³-hybridized carbons (Fsp3) is 0.400. The van der Waals surface area contributed by atoms with Crippen LogP contribution in [-0.2, 0) is 21.1 Å². The molecule has 214 valence electrons. The zero-order valence-electron chi connectivity index (χ0n) is 22.6. The zero-order valence-corrected chi connectivity index (χ0v) is 23.4. The van der Waals surface area contributed by atoms with E-state index >= 15 is 0 Å². The summed E-state index contributed by atoms with van der Waals surface area (Å²) >= 11 is 0. The number of methoxy groups -OCH3 is 1. The van der Waals surface area contributed by atoms with Gasteiger partial charge in [-0.1, -0.05) is 42.8 Å². The van der Waals surface area contributed by atoms with Gasteiger partial charge in [-0.3, -0.25) is 10.0 Å². The van der Waals surface area contributed by atoms with Crippen molar-refractivity contribution in [1.82, 2.24) is 10.5 Å². The molecule has 9 nitrogen and oxygen atoms in total. The third-order valence-corrected chi connectivity index (χ3v) is 9.27. The molecule has 2 N–H and O–H groups in total. The van der Waals surface area contributed by atoms with Crippen LogP contribution in [0.1, 0.15) is 50.5 Å². The Kier molecular flexibility index (Phi) is 10.4. The number of aromatic nitrogens is 1. The van der Waals surface area contributed by atoms with E-state index < -0.39 is 21.0 Å². The van der Waals surface area contributed by atoms with Crippen LogP contribution >= 0.6 is 0 Å². The van der Waals surface area contributed by atoms with Crippen molar-refractivity contribution >= 4 is 15.7 Å². The van der Waals surface area contributed by atoms with Gasteiger partial charge in [-0.15, -0.1) is 0 Å². The molecular weight excluding hydrogens is 532 g/mol. The van der Waals surface area contributed by atoms with Gasteiger partial charge in [0, 0.05) is 31.2 Å². The number of sulfone groups is 1. The van der Waals surface area contributed by atoms with E-state index in [1.807, 2.05) is 42.5 Å². The summed E-state index contributed by atoms with van der Waals surface area (Å²) in [5.74, 6) is 0.550. The van der Waals surface area contributed by atoms with Crippen LogP contribution in [0.2, 0.25) is 0 Å². The molecule has 3 atom stereocenters. The highest BCUT2D eigenvalue weighted by molar-refractivity contribution is 7.92. The number of amides is 1. The Bertz CT molecular complexity index is 1340. The third-order valence-electron chi connectivity index (χ3n) is 7.08. The van der Waals surface area contributed by atoms with Gasteiger partial charge < -0.3 is 14.2 Å². The van der Waals surface area contributed by atoms with Gasteiger partial charge in [0.15, 0.2) is 21.3 Å². The summed E-state index contributed by atoms with van der Waals surface area (Å²) in [6, 6.07) is 20.0. The molecule has 1 saturated carbocycles. The van der Waals surface area contributed by atoms with Gasteiger partial charge in [0.05, 0.1) is 17.3 Å². The molecule has 0 aliphatic heterocycles. The van der Waals surface area contributed by atoms with E-state index in [-0.39, 0.29) is 29.9 Å². The number of carbonyl (C=O) groups excluding carboxylic acids is 1. The quantitative estimate of drug-likeness (QED) is 0.160. The lowest BCUT2D eigenvalue weighted by Crippen LogP contribution is -2.30. The molecule has 0 bridgehead atoms. The molecule has 10 heteroatoms. The molecule has 1 heterocycles. The molecule has 1 unspecified atom stereocenters. The maximum Gasteiger partial charge on any atom is 0.244 e. The third kappa shape index (κ3) is 7.95. The first-order valence-electron chi connectivity index (χ1n) is 13.5. The average Bonchev–Trinajstić information content (AvgIpc) is 3.41. The molecule has 2 aromatic carbocycles. The minimum atomic E-state index is -3.92. The highest BCUT2D eigenvalue weighted by atomic mass is 32.2. The number of hydrogen-bond acceptors (Lipinski definition) is 8. The van der Waals surface area contributed by atoms with Crippen molar-refractivity contribution in [2.45, 2.75) is 73.7 Å². The standard InChI is InChI=1S/C30H36N2O7S/c1-37-27-17-16-26(20-28(27)38-23-14-15-24(19-23)39-30-13-7-8-18-31-30)40(35,36)25(21-29(33)32-34)12-6-5-11-22-9-3-2-4-10-22/h2-4,7-10,13,16-18,20,23-25,34H,5-6,11-12,14-15,19,21H2,1H3,(H,32,33)/t23-,24-,25?/m0/s1. The van der Waals surface area contributed by atoms with E-state index in [1.54, 1.807) is 23.8 Å². The van der Waals surface area contributed by atoms with E-state index in [2.05, 4.69) is 4.98 Å². The Morgan fingerprint density at radius 2 is 1.75 bits per heavy atom. The lowest BCUT2D eigenvalue weighted by molar-refractivity contribution is -0.129. The highest BCUT2D eigenvalue weighted by Gasteiger charge is 2.32. The molecular formula is C30H36N2O7S. The molecule has 1 aliphatic carbocycles. The van der Waals surface area contributed by atoms with E-state index in [9.17, 15) is 13.2 Å². The Morgan fingerprint density at radius 1 is 1.00 bits per heavy atom. The molecule has 0 saturated heterocycles. The summed E-state index contributed by atoms with van der Waals surface area (Å²) in [5.41, 5.74) is 2.74. The van der Waals surface area contributed by atoms with Crippen molar-refractivity contribution in [3.63, 3.8) is 0 Å². The van der Waals surface area contributed by atoms with Gasteiger partial charge >= 0.3 is 0 Å². The summed E-state index contributed by atoms with van der Waals surface area (Å²) in [6.45, 7) is 0. The van der Waals surface area contributed by atoms with Crippen molar-refractivity contribution in [3.05, 3.63) is 78.5 Å². The molecule has 1 amide bonds. The smallest absolute Gasteiger partial charge is 0.244 e. The van der Waals surface area contributed by atoms with E-state index in [1.165, 1.54) is 24.8 Å². The summed E-state index contributed by atoms with van der Waals surface area (Å²) in [5, 5.41) is 8.08. The van der Waals surface area contributed by atoms with Gasteiger partial charge in [-0.25, -0.2) is 18.9 Å². The molecule has 40 heavy (non-hydrogen) atoms. The van der Waals surface area contributed by atoms with Crippen LogP contribution in [0.15, 0.2) is 77.8 Å². The number of hydroxylamine groups is 1. The number of ether oxygens (including phenoxy) is 3. The number of rotatable bonds is 14.